The summed E-state index contributed by atoms with van der Waals surface area (Å²) in [6, 6.07) is 0.0263. The minimum Gasteiger partial charge on any atom is -0.348 e. The monoisotopic (exact) mass is 356 g/mol. The van der Waals surface area contributed by atoms with Crippen LogP contribution in [0.4, 0.5) is 0 Å². The van der Waals surface area contributed by atoms with Crippen molar-refractivity contribution in [3.8, 4) is 0 Å². The molecular formula is C18H24N6O2. The molecule has 1 saturated heterocycles. The highest BCUT2D eigenvalue weighted by atomic mass is 16.2. The molecule has 26 heavy (non-hydrogen) atoms. The quantitative estimate of drug-likeness (QED) is 0.893. The Morgan fingerprint density at radius 1 is 1.15 bits per heavy atom. The molecule has 2 amide bonds. The van der Waals surface area contributed by atoms with Crippen LogP contribution in [0, 0.1) is 13.8 Å². The number of amides is 2. The van der Waals surface area contributed by atoms with E-state index in [9.17, 15) is 9.59 Å². The van der Waals surface area contributed by atoms with Gasteiger partial charge in [0.1, 0.15) is 5.69 Å². The van der Waals surface area contributed by atoms with Gasteiger partial charge in [-0.2, -0.15) is 5.10 Å². The molecule has 2 aromatic heterocycles. The van der Waals surface area contributed by atoms with Gasteiger partial charge in [-0.3, -0.25) is 19.3 Å². The summed E-state index contributed by atoms with van der Waals surface area (Å²) in [6.45, 7) is 4.97. The number of nitrogens with one attached hydrogen (secondary N) is 1. The van der Waals surface area contributed by atoms with E-state index in [1.807, 2.05) is 25.8 Å². The van der Waals surface area contributed by atoms with Crippen molar-refractivity contribution in [2.45, 2.75) is 39.2 Å². The van der Waals surface area contributed by atoms with Crippen LogP contribution >= 0.6 is 0 Å². The van der Waals surface area contributed by atoms with E-state index in [-0.39, 0.29) is 17.9 Å². The van der Waals surface area contributed by atoms with Crippen molar-refractivity contribution in [1.82, 2.24) is 30.0 Å². The highest BCUT2D eigenvalue weighted by molar-refractivity contribution is 5.95. The summed E-state index contributed by atoms with van der Waals surface area (Å²) >= 11 is 0. The van der Waals surface area contributed by atoms with Gasteiger partial charge in [0.25, 0.3) is 11.8 Å². The van der Waals surface area contributed by atoms with Crippen molar-refractivity contribution in [2.75, 3.05) is 13.1 Å². The van der Waals surface area contributed by atoms with Crippen LogP contribution in [0.3, 0.4) is 0 Å². The highest BCUT2D eigenvalue weighted by Gasteiger charge is 2.25. The number of likely N-dealkylation sites (tertiary alicyclic amines) is 1. The van der Waals surface area contributed by atoms with E-state index < -0.39 is 0 Å². The predicted molar refractivity (Wildman–Crippen MR) is 95.7 cm³/mol. The lowest BCUT2D eigenvalue weighted by molar-refractivity contribution is 0.0760. The van der Waals surface area contributed by atoms with E-state index in [4.69, 9.17) is 0 Å². The molecule has 1 unspecified atom stereocenters. The van der Waals surface area contributed by atoms with Gasteiger partial charge in [0.15, 0.2) is 0 Å². The first-order valence-electron chi connectivity index (χ1n) is 8.83. The third kappa shape index (κ3) is 4.07. The van der Waals surface area contributed by atoms with Gasteiger partial charge in [0.2, 0.25) is 0 Å². The number of nitrogens with zero attached hydrogens (tertiary/aromatic N) is 5. The number of carbonyl (C=O) groups excluding carboxylic acids is 2. The highest BCUT2D eigenvalue weighted by Crippen LogP contribution is 2.16. The van der Waals surface area contributed by atoms with E-state index in [2.05, 4.69) is 20.4 Å². The molecule has 3 rings (SSSR count). The van der Waals surface area contributed by atoms with Crippen LogP contribution in [0.25, 0.3) is 0 Å². The summed E-state index contributed by atoms with van der Waals surface area (Å²) in [4.78, 5) is 35.1. The average Bonchev–Trinajstić information content (AvgIpc) is 2.81. The number of hydrogen-bond acceptors (Lipinski definition) is 5. The van der Waals surface area contributed by atoms with Gasteiger partial charge in [-0.15, -0.1) is 0 Å². The molecule has 1 fully saturated rings. The Kier molecular flexibility index (Phi) is 5.29. The molecule has 0 aliphatic carbocycles. The molecule has 0 spiro atoms. The molecule has 0 radical (unpaired) electrons. The SMILES string of the molecule is Cc1cnc(C(=O)NC2CCCN(C(=O)c3cn(C)nc3C)CC2)cn1. The van der Waals surface area contributed by atoms with Crippen molar-refractivity contribution in [2.24, 2.45) is 7.05 Å². The lowest BCUT2D eigenvalue weighted by Gasteiger charge is -2.20. The smallest absolute Gasteiger partial charge is 0.271 e. The summed E-state index contributed by atoms with van der Waals surface area (Å²) in [5, 5.41) is 7.26. The third-order valence-corrected chi connectivity index (χ3v) is 4.61. The minimum atomic E-state index is -0.217. The number of aromatic nitrogens is 4. The Hall–Kier alpha value is -2.77. The second-order valence-corrected chi connectivity index (χ2v) is 6.74. The maximum atomic E-state index is 12.7. The van der Waals surface area contributed by atoms with E-state index >= 15 is 0 Å². The van der Waals surface area contributed by atoms with E-state index in [0.29, 0.717) is 24.3 Å². The maximum absolute atomic E-state index is 12.7. The summed E-state index contributed by atoms with van der Waals surface area (Å²) in [6.07, 6.45) is 7.23. The lowest BCUT2D eigenvalue weighted by atomic mass is 10.1. The van der Waals surface area contributed by atoms with Gasteiger partial charge in [-0.05, 0) is 33.1 Å². The first-order valence-corrected chi connectivity index (χ1v) is 8.83. The fourth-order valence-electron chi connectivity index (χ4n) is 3.19. The molecule has 0 bridgehead atoms. The average molecular weight is 356 g/mol. The Bertz CT molecular complexity index is 799. The van der Waals surface area contributed by atoms with Crippen LogP contribution in [0.2, 0.25) is 0 Å². The summed E-state index contributed by atoms with van der Waals surface area (Å²) < 4.78 is 1.66. The van der Waals surface area contributed by atoms with Crippen molar-refractivity contribution >= 4 is 11.8 Å². The topological polar surface area (TPSA) is 93.0 Å². The Morgan fingerprint density at radius 2 is 1.96 bits per heavy atom. The normalized spacial score (nSPS) is 17.7. The van der Waals surface area contributed by atoms with Crippen molar-refractivity contribution in [3.05, 3.63) is 41.2 Å². The Balaban J connectivity index is 1.59. The zero-order valence-corrected chi connectivity index (χ0v) is 15.4. The molecule has 1 aliphatic heterocycles. The molecule has 1 atom stereocenters. The Labute approximate surface area is 152 Å². The summed E-state index contributed by atoms with van der Waals surface area (Å²) in [7, 11) is 1.81. The van der Waals surface area contributed by atoms with Crippen molar-refractivity contribution in [3.63, 3.8) is 0 Å². The minimum absolute atomic E-state index is 0.00646. The zero-order chi connectivity index (χ0) is 18.7. The van der Waals surface area contributed by atoms with Crippen molar-refractivity contribution in [1.29, 1.82) is 0 Å². The fourth-order valence-corrected chi connectivity index (χ4v) is 3.19. The molecule has 8 heteroatoms. The van der Waals surface area contributed by atoms with E-state index in [1.54, 1.807) is 17.1 Å². The van der Waals surface area contributed by atoms with Gasteiger partial charge >= 0.3 is 0 Å². The Morgan fingerprint density at radius 3 is 2.62 bits per heavy atom. The summed E-state index contributed by atoms with van der Waals surface area (Å²) in [5.74, 6) is -0.211. The van der Waals surface area contributed by atoms with Crippen LogP contribution in [0.5, 0.6) is 0 Å². The molecule has 3 heterocycles. The fraction of sp³-hybridized carbons (Fsp3) is 0.500. The van der Waals surface area contributed by atoms with Gasteiger partial charge in [-0.25, -0.2) is 4.98 Å². The molecule has 2 aromatic rings. The van der Waals surface area contributed by atoms with Crippen molar-refractivity contribution < 1.29 is 9.59 Å². The molecule has 138 valence electrons. The van der Waals surface area contributed by atoms with E-state index in [0.717, 1.165) is 30.7 Å². The first-order chi connectivity index (χ1) is 12.4. The van der Waals surface area contributed by atoms with E-state index in [1.165, 1.54) is 6.20 Å². The molecular weight excluding hydrogens is 332 g/mol. The van der Waals surface area contributed by atoms with Gasteiger partial charge in [0, 0.05) is 38.6 Å². The summed E-state index contributed by atoms with van der Waals surface area (Å²) in [5.41, 5.74) is 2.48. The number of carbonyl (C=O) groups is 2. The molecule has 1 aliphatic rings. The van der Waals surface area contributed by atoms with Crippen LogP contribution in [-0.2, 0) is 7.05 Å². The largest absolute Gasteiger partial charge is 0.348 e. The van der Waals surface area contributed by atoms with Gasteiger partial charge in [-0.1, -0.05) is 0 Å². The molecule has 8 nitrogen and oxygen atoms in total. The molecule has 0 saturated carbocycles. The number of hydrogen-bond donors (Lipinski definition) is 1. The molecule has 1 N–H and O–H groups in total. The molecule has 0 aromatic carbocycles. The predicted octanol–water partition coefficient (Wildman–Crippen LogP) is 1.25. The maximum Gasteiger partial charge on any atom is 0.271 e. The lowest BCUT2D eigenvalue weighted by Crippen LogP contribution is -2.37. The second kappa shape index (κ2) is 7.63. The second-order valence-electron chi connectivity index (χ2n) is 6.74. The first kappa shape index (κ1) is 18.0. The van der Waals surface area contributed by atoms with Crippen LogP contribution in [0.15, 0.2) is 18.6 Å². The van der Waals surface area contributed by atoms with Crippen LogP contribution in [0.1, 0.15) is 51.5 Å². The third-order valence-electron chi connectivity index (χ3n) is 4.61. The zero-order valence-electron chi connectivity index (χ0n) is 15.4. The van der Waals surface area contributed by atoms with Gasteiger partial charge < -0.3 is 10.2 Å². The van der Waals surface area contributed by atoms with Crippen LogP contribution < -0.4 is 5.32 Å². The van der Waals surface area contributed by atoms with Gasteiger partial charge in [0.05, 0.1) is 23.1 Å². The number of rotatable bonds is 3. The standard InChI is InChI=1S/C18H24N6O2/c1-12-9-20-16(10-19-12)17(25)21-14-5-4-7-24(8-6-14)18(26)15-11-23(3)22-13(15)2/h9-11,14H,4-8H2,1-3H3,(H,21,25). The van der Waals surface area contributed by atoms with Crippen LogP contribution in [-0.4, -0.2) is 55.6 Å². The number of aryl methyl sites for hydroxylation is 3.